The quantitative estimate of drug-likeness (QED) is 0.687. The molecule has 0 aromatic heterocycles. The Labute approximate surface area is 169 Å². The molecule has 0 aliphatic rings. The van der Waals surface area contributed by atoms with E-state index < -0.39 is 12.5 Å². The molecule has 156 valence electrons. The number of carbonyl (C=O) groups excluding carboxylic acids is 2. The summed E-state index contributed by atoms with van der Waals surface area (Å²) in [5, 5.41) is 5.25. The second-order valence-corrected chi connectivity index (χ2v) is 7.93. The molecule has 0 spiro atoms. The van der Waals surface area contributed by atoms with Gasteiger partial charge in [-0.05, 0) is 29.2 Å². The zero-order chi connectivity index (χ0) is 21.4. The van der Waals surface area contributed by atoms with E-state index in [-0.39, 0.29) is 23.6 Å². The van der Waals surface area contributed by atoms with E-state index in [1.165, 1.54) is 12.1 Å². The molecule has 0 heterocycles. The summed E-state index contributed by atoms with van der Waals surface area (Å²) in [6, 6.07) is 13.8. The number of halogens is 2. The summed E-state index contributed by atoms with van der Waals surface area (Å²) >= 11 is 0. The summed E-state index contributed by atoms with van der Waals surface area (Å²) in [5.74, 6) is -0.557. The Hall–Kier alpha value is -2.96. The van der Waals surface area contributed by atoms with E-state index in [1.54, 1.807) is 6.07 Å². The van der Waals surface area contributed by atoms with Crippen molar-refractivity contribution in [2.75, 3.05) is 11.9 Å². The van der Waals surface area contributed by atoms with Crippen molar-refractivity contribution in [1.82, 2.24) is 5.32 Å². The Morgan fingerprint density at radius 1 is 1.03 bits per heavy atom. The van der Waals surface area contributed by atoms with Crippen molar-refractivity contribution in [1.29, 1.82) is 0 Å². The molecule has 0 saturated heterocycles. The number of rotatable bonds is 8. The van der Waals surface area contributed by atoms with Crippen LogP contribution in [0, 0.1) is 5.41 Å². The lowest BCUT2D eigenvalue weighted by molar-refractivity contribution is -0.125. The molecule has 5 nitrogen and oxygen atoms in total. The van der Waals surface area contributed by atoms with Crippen molar-refractivity contribution in [3.8, 4) is 5.75 Å². The summed E-state index contributed by atoms with van der Waals surface area (Å²) in [7, 11) is 0. The van der Waals surface area contributed by atoms with Gasteiger partial charge in [0.15, 0.2) is 0 Å². The van der Waals surface area contributed by atoms with Crippen LogP contribution < -0.4 is 15.4 Å². The first-order chi connectivity index (χ1) is 13.6. The number of anilines is 1. The van der Waals surface area contributed by atoms with Gasteiger partial charge in [-0.1, -0.05) is 51.1 Å². The van der Waals surface area contributed by atoms with Crippen molar-refractivity contribution >= 4 is 17.5 Å². The van der Waals surface area contributed by atoms with Gasteiger partial charge in [0.2, 0.25) is 11.8 Å². The van der Waals surface area contributed by atoms with Crippen molar-refractivity contribution in [3.63, 3.8) is 0 Å². The molecular formula is C22H26F2N2O3. The van der Waals surface area contributed by atoms with Gasteiger partial charge >= 0.3 is 6.61 Å². The molecule has 0 fully saturated rings. The van der Waals surface area contributed by atoms with Crippen LogP contribution in [0.15, 0.2) is 48.5 Å². The van der Waals surface area contributed by atoms with Crippen LogP contribution in [-0.4, -0.2) is 25.0 Å². The van der Waals surface area contributed by atoms with Gasteiger partial charge in [0.1, 0.15) is 5.75 Å². The predicted octanol–water partition coefficient (Wildman–Crippen LogP) is 4.37. The molecule has 0 saturated carbocycles. The normalized spacial score (nSPS) is 11.2. The topological polar surface area (TPSA) is 67.4 Å². The van der Waals surface area contributed by atoms with Gasteiger partial charge in [0.05, 0.1) is 6.54 Å². The van der Waals surface area contributed by atoms with Crippen LogP contribution in [0.2, 0.25) is 0 Å². The Morgan fingerprint density at radius 3 is 2.34 bits per heavy atom. The second kappa shape index (κ2) is 10.0. The number of alkyl halides is 2. The minimum atomic E-state index is -2.94. The minimum Gasteiger partial charge on any atom is -0.435 e. The highest BCUT2D eigenvalue weighted by molar-refractivity contribution is 5.94. The van der Waals surface area contributed by atoms with Crippen LogP contribution in [0.1, 0.15) is 38.3 Å². The molecule has 0 radical (unpaired) electrons. The molecule has 7 heteroatoms. The molecule has 29 heavy (non-hydrogen) atoms. The fourth-order valence-electron chi connectivity index (χ4n) is 2.75. The van der Waals surface area contributed by atoms with E-state index in [0.29, 0.717) is 24.1 Å². The third-order valence-corrected chi connectivity index (χ3v) is 3.93. The van der Waals surface area contributed by atoms with E-state index in [9.17, 15) is 18.4 Å². The molecule has 2 aromatic rings. The third kappa shape index (κ3) is 8.29. The zero-order valence-corrected chi connectivity index (χ0v) is 16.8. The number of hydrogen-bond acceptors (Lipinski definition) is 3. The molecule has 0 bridgehead atoms. The first-order valence-electron chi connectivity index (χ1n) is 9.30. The Balaban J connectivity index is 2.05. The Bertz CT molecular complexity index is 834. The Kier molecular flexibility index (Phi) is 7.70. The Morgan fingerprint density at radius 2 is 1.72 bits per heavy atom. The van der Waals surface area contributed by atoms with E-state index in [4.69, 9.17) is 0 Å². The lowest BCUT2D eigenvalue weighted by Gasteiger charge is -2.17. The van der Waals surface area contributed by atoms with Crippen LogP contribution >= 0.6 is 0 Å². The number of hydrogen-bond donors (Lipinski definition) is 2. The summed E-state index contributed by atoms with van der Waals surface area (Å²) in [4.78, 5) is 24.0. The monoisotopic (exact) mass is 404 g/mol. The van der Waals surface area contributed by atoms with E-state index >= 15 is 0 Å². The summed E-state index contributed by atoms with van der Waals surface area (Å²) in [5.41, 5.74) is 1.70. The first kappa shape index (κ1) is 22.3. The van der Waals surface area contributed by atoms with Crippen LogP contribution in [0.25, 0.3) is 0 Å². The number of amides is 2. The van der Waals surface area contributed by atoms with Crippen LogP contribution in [0.5, 0.6) is 5.75 Å². The molecule has 2 amide bonds. The van der Waals surface area contributed by atoms with Crippen LogP contribution in [-0.2, 0) is 16.0 Å². The highest BCUT2D eigenvalue weighted by Gasteiger charge is 2.17. The maximum Gasteiger partial charge on any atom is 0.387 e. The molecule has 2 N–H and O–H groups in total. The molecule has 2 rings (SSSR count). The molecule has 0 aliphatic heterocycles. The number of nitrogens with one attached hydrogen (secondary N) is 2. The number of ether oxygens (including phenoxy) is 1. The average molecular weight is 404 g/mol. The van der Waals surface area contributed by atoms with Crippen molar-refractivity contribution in [2.45, 2.75) is 40.2 Å². The number of benzene rings is 2. The smallest absolute Gasteiger partial charge is 0.387 e. The van der Waals surface area contributed by atoms with Crippen molar-refractivity contribution in [3.05, 3.63) is 59.7 Å². The summed E-state index contributed by atoms with van der Waals surface area (Å²) in [6.07, 6.45) is 0.677. The van der Waals surface area contributed by atoms with Gasteiger partial charge in [-0.15, -0.1) is 0 Å². The van der Waals surface area contributed by atoms with Crippen LogP contribution in [0.3, 0.4) is 0 Å². The van der Waals surface area contributed by atoms with E-state index in [0.717, 1.165) is 5.56 Å². The molecule has 2 aromatic carbocycles. The highest BCUT2D eigenvalue weighted by Crippen LogP contribution is 2.27. The average Bonchev–Trinajstić information content (AvgIpc) is 2.61. The largest absolute Gasteiger partial charge is 0.435 e. The fourth-order valence-corrected chi connectivity index (χ4v) is 2.75. The molecule has 0 atom stereocenters. The van der Waals surface area contributed by atoms with Crippen molar-refractivity contribution < 1.29 is 23.1 Å². The van der Waals surface area contributed by atoms with E-state index in [1.807, 2.05) is 51.1 Å². The zero-order valence-electron chi connectivity index (χ0n) is 16.8. The molecule has 0 unspecified atom stereocenters. The van der Waals surface area contributed by atoms with E-state index in [2.05, 4.69) is 15.4 Å². The maximum absolute atomic E-state index is 12.7. The summed E-state index contributed by atoms with van der Waals surface area (Å²) < 4.78 is 30.0. The third-order valence-electron chi connectivity index (χ3n) is 3.93. The van der Waals surface area contributed by atoms with Gasteiger partial charge < -0.3 is 15.4 Å². The lowest BCUT2D eigenvalue weighted by Crippen LogP contribution is -2.34. The lowest BCUT2D eigenvalue weighted by atomic mass is 9.92. The summed E-state index contributed by atoms with van der Waals surface area (Å²) in [6.45, 7) is 2.69. The maximum atomic E-state index is 12.7. The minimum absolute atomic E-state index is 0.0559. The van der Waals surface area contributed by atoms with Crippen molar-refractivity contribution in [2.24, 2.45) is 5.41 Å². The van der Waals surface area contributed by atoms with Gasteiger partial charge in [-0.3, -0.25) is 9.59 Å². The van der Waals surface area contributed by atoms with Crippen LogP contribution in [0.4, 0.5) is 14.5 Å². The standard InChI is InChI=1S/C22H26F2N2O3/c1-22(2,3)13-19(27)25-14-20(28)26-17-9-10-18(29-21(23)24)16(12-17)11-15-7-5-4-6-8-15/h4-10,12,21H,11,13-14H2,1-3H3,(H,25,27)(H,26,28). The SMILES string of the molecule is CC(C)(C)CC(=O)NCC(=O)Nc1ccc(OC(F)F)c(Cc2ccccc2)c1. The van der Waals surface area contributed by atoms with Gasteiger partial charge in [-0.2, -0.15) is 8.78 Å². The molecular weight excluding hydrogens is 378 g/mol. The molecule has 0 aliphatic carbocycles. The number of carbonyl (C=O) groups is 2. The second-order valence-electron chi connectivity index (χ2n) is 7.93. The highest BCUT2D eigenvalue weighted by atomic mass is 19.3. The van der Waals surface area contributed by atoms with Gasteiger partial charge in [0, 0.05) is 24.1 Å². The van der Waals surface area contributed by atoms with Gasteiger partial charge in [0.25, 0.3) is 0 Å². The fraction of sp³-hybridized carbons (Fsp3) is 0.364. The first-order valence-corrected chi connectivity index (χ1v) is 9.30. The predicted molar refractivity (Wildman–Crippen MR) is 108 cm³/mol. The van der Waals surface area contributed by atoms with Gasteiger partial charge in [-0.25, -0.2) is 0 Å².